The lowest BCUT2D eigenvalue weighted by molar-refractivity contribution is 0.0923. The first-order chi connectivity index (χ1) is 15.6. The summed E-state index contributed by atoms with van der Waals surface area (Å²) in [6.07, 6.45) is 12.2. The fourth-order valence-corrected chi connectivity index (χ4v) is 6.44. The van der Waals surface area contributed by atoms with E-state index in [1.165, 1.54) is 24.8 Å². The summed E-state index contributed by atoms with van der Waals surface area (Å²) in [5.41, 5.74) is 4.81. The van der Waals surface area contributed by atoms with Crippen LogP contribution in [0, 0.1) is 5.92 Å². The summed E-state index contributed by atoms with van der Waals surface area (Å²) in [6.45, 7) is 0.741. The molecule has 5 heteroatoms. The molecule has 2 aliphatic carbocycles. The maximum atomic E-state index is 13.7. The minimum atomic E-state index is 0.0142. The van der Waals surface area contributed by atoms with Crippen molar-refractivity contribution in [2.45, 2.75) is 63.2 Å². The van der Waals surface area contributed by atoms with E-state index in [0.717, 1.165) is 56.4 Å². The molecule has 4 nitrogen and oxygen atoms in total. The van der Waals surface area contributed by atoms with Crippen molar-refractivity contribution in [1.82, 2.24) is 0 Å². The Morgan fingerprint density at radius 2 is 1.72 bits per heavy atom. The number of nitrogens with zero attached hydrogens (tertiary/aromatic N) is 1. The van der Waals surface area contributed by atoms with E-state index in [-0.39, 0.29) is 23.0 Å². The number of hydrogen-bond donors (Lipinski definition) is 1. The van der Waals surface area contributed by atoms with Gasteiger partial charge in [0, 0.05) is 46.6 Å². The number of anilines is 2. The number of hydrogen-bond acceptors (Lipinski definition) is 4. The van der Waals surface area contributed by atoms with Crippen molar-refractivity contribution in [3.8, 4) is 0 Å². The van der Waals surface area contributed by atoms with Crippen LogP contribution in [0.25, 0.3) is 0 Å². The highest BCUT2D eigenvalue weighted by molar-refractivity contribution is 7.99. The van der Waals surface area contributed by atoms with E-state index in [2.05, 4.69) is 22.9 Å². The summed E-state index contributed by atoms with van der Waals surface area (Å²) >= 11 is 1.59. The van der Waals surface area contributed by atoms with Gasteiger partial charge in [-0.25, -0.2) is 0 Å². The number of nitrogens with one attached hydrogen (secondary N) is 1. The van der Waals surface area contributed by atoms with Gasteiger partial charge in [0.2, 0.25) is 0 Å². The van der Waals surface area contributed by atoms with E-state index < -0.39 is 0 Å². The Bertz CT molecular complexity index is 1020. The Kier molecular flexibility index (Phi) is 6.02. The van der Waals surface area contributed by atoms with Crippen LogP contribution in [-0.2, 0) is 5.41 Å². The zero-order chi connectivity index (χ0) is 22.1. The Morgan fingerprint density at radius 1 is 0.969 bits per heavy atom. The minimum absolute atomic E-state index is 0.0142. The quantitative estimate of drug-likeness (QED) is 0.413. The van der Waals surface area contributed by atoms with Gasteiger partial charge < -0.3 is 9.62 Å². The zero-order valence-electron chi connectivity index (χ0n) is 18.9. The molecule has 2 aromatic rings. The maximum absolute atomic E-state index is 13.7. The van der Waals surface area contributed by atoms with Gasteiger partial charge in [0.25, 0.3) is 5.91 Å². The largest absolute Gasteiger partial charge is 0.330 e. The van der Waals surface area contributed by atoms with Gasteiger partial charge in [-0.3, -0.25) is 9.59 Å². The highest BCUT2D eigenvalue weighted by atomic mass is 32.2. The number of amides is 1. The second-order valence-corrected chi connectivity index (χ2v) is 10.3. The van der Waals surface area contributed by atoms with Gasteiger partial charge in [-0.1, -0.05) is 56.2 Å². The first-order valence-corrected chi connectivity index (χ1v) is 13.2. The molecule has 0 saturated heterocycles. The van der Waals surface area contributed by atoms with E-state index in [0.29, 0.717) is 11.1 Å². The monoisotopic (exact) mass is 448 g/mol. The lowest BCUT2D eigenvalue weighted by Gasteiger charge is -2.34. The van der Waals surface area contributed by atoms with Gasteiger partial charge in [0.15, 0.2) is 5.78 Å². The summed E-state index contributed by atoms with van der Waals surface area (Å²) in [4.78, 5) is 28.7. The summed E-state index contributed by atoms with van der Waals surface area (Å²) < 4.78 is 3.36. The average molecular weight is 449 g/mol. The first-order valence-electron chi connectivity index (χ1n) is 12.0. The highest BCUT2D eigenvalue weighted by Gasteiger charge is 2.45. The van der Waals surface area contributed by atoms with Gasteiger partial charge in [-0.15, -0.1) is 0 Å². The lowest BCUT2D eigenvalue weighted by Crippen LogP contribution is -2.38. The maximum Gasteiger partial charge on any atom is 0.258 e. The molecule has 1 N–H and O–H groups in total. The molecular weight excluding hydrogens is 416 g/mol. The molecule has 0 bridgehead atoms. The molecule has 1 spiro atoms. The number of carbonyl (C=O) groups excluding carboxylic acids is 2. The molecule has 3 aliphatic rings. The zero-order valence-corrected chi connectivity index (χ0v) is 19.7. The summed E-state index contributed by atoms with van der Waals surface area (Å²) in [5, 5.41) is 0. The topological polar surface area (TPSA) is 49.4 Å². The predicted molar refractivity (Wildman–Crippen MR) is 133 cm³/mol. The van der Waals surface area contributed by atoms with Crippen LogP contribution >= 0.6 is 11.9 Å². The number of ketones is 1. The second-order valence-electron chi connectivity index (χ2n) is 9.70. The van der Waals surface area contributed by atoms with Crippen LogP contribution in [0.1, 0.15) is 84.1 Å². The van der Waals surface area contributed by atoms with Crippen LogP contribution in [0.4, 0.5) is 11.4 Å². The Hall–Kier alpha value is -2.27. The number of fused-ring (bicyclic) bond motifs is 2. The van der Waals surface area contributed by atoms with E-state index in [1.807, 2.05) is 35.4 Å². The molecule has 5 rings (SSSR count). The van der Waals surface area contributed by atoms with Crippen molar-refractivity contribution in [3.63, 3.8) is 0 Å². The van der Waals surface area contributed by atoms with Crippen molar-refractivity contribution in [2.24, 2.45) is 5.92 Å². The molecule has 168 valence electrons. The summed E-state index contributed by atoms with van der Waals surface area (Å²) in [5.74, 6) is 0.344. The van der Waals surface area contributed by atoms with Gasteiger partial charge in [-0.2, -0.15) is 0 Å². The van der Waals surface area contributed by atoms with Crippen LogP contribution in [-0.4, -0.2) is 24.5 Å². The fourth-order valence-electron chi connectivity index (χ4n) is 6.07. The van der Waals surface area contributed by atoms with E-state index in [4.69, 9.17) is 0 Å². The Morgan fingerprint density at radius 3 is 2.47 bits per heavy atom. The van der Waals surface area contributed by atoms with Crippen molar-refractivity contribution in [2.75, 3.05) is 22.4 Å². The second kappa shape index (κ2) is 8.93. The standard InChI is InChI=1S/C27H32N2O2S/c1-32-28-22-12-13-24-23(17-22)27(14-5-2-6-15-27)18-29(24)26(31)21-11-7-10-20(16-21)25(30)19-8-3-4-9-19/h7,10-13,16-17,19,28H,2-6,8-9,14-15,18H2,1H3. The summed E-state index contributed by atoms with van der Waals surface area (Å²) in [7, 11) is 0. The molecule has 32 heavy (non-hydrogen) atoms. The molecule has 0 aromatic heterocycles. The molecule has 0 radical (unpaired) electrons. The fraction of sp³-hybridized carbons (Fsp3) is 0.481. The lowest BCUT2D eigenvalue weighted by atomic mass is 9.70. The average Bonchev–Trinajstić information content (AvgIpc) is 3.47. The molecule has 2 saturated carbocycles. The van der Waals surface area contributed by atoms with E-state index >= 15 is 0 Å². The molecule has 0 atom stereocenters. The van der Waals surface area contributed by atoms with Gasteiger partial charge >= 0.3 is 0 Å². The van der Waals surface area contributed by atoms with E-state index in [1.54, 1.807) is 11.9 Å². The van der Waals surface area contributed by atoms with Crippen LogP contribution < -0.4 is 9.62 Å². The van der Waals surface area contributed by atoms with Crippen LogP contribution in [0.2, 0.25) is 0 Å². The first kappa shape index (κ1) is 21.6. The number of Topliss-reactive ketones (excluding diaryl/α,β-unsaturated/α-hetero) is 1. The highest BCUT2D eigenvalue weighted by Crippen LogP contribution is 2.50. The summed E-state index contributed by atoms with van der Waals surface area (Å²) in [6, 6.07) is 13.9. The Balaban J connectivity index is 1.47. The van der Waals surface area contributed by atoms with Gasteiger partial charge in [0.05, 0.1) is 0 Å². The van der Waals surface area contributed by atoms with Crippen LogP contribution in [0.3, 0.4) is 0 Å². The van der Waals surface area contributed by atoms with Gasteiger partial charge in [0.1, 0.15) is 0 Å². The molecular formula is C27H32N2O2S. The third kappa shape index (κ3) is 3.85. The number of benzene rings is 2. The Labute approximate surface area is 195 Å². The SMILES string of the molecule is CSNc1ccc2c(c1)C1(CCCCC1)CN2C(=O)c1cccc(C(=O)C2CCCC2)c1. The van der Waals surface area contributed by atoms with Crippen LogP contribution in [0.15, 0.2) is 42.5 Å². The third-order valence-electron chi connectivity index (χ3n) is 7.72. The molecule has 1 heterocycles. The predicted octanol–water partition coefficient (Wildman–Crippen LogP) is 6.61. The van der Waals surface area contributed by atoms with Crippen molar-refractivity contribution < 1.29 is 9.59 Å². The normalized spacial score (nSPS) is 19.8. The molecule has 2 aromatic carbocycles. The molecule has 0 unspecified atom stereocenters. The number of carbonyl (C=O) groups is 2. The van der Waals surface area contributed by atoms with Crippen molar-refractivity contribution in [3.05, 3.63) is 59.2 Å². The smallest absolute Gasteiger partial charge is 0.258 e. The van der Waals surface area contributed by atoms with Gasteiger partial charge in [-0.05, 0) is 61.6 Å². The minimum Gasteiger partial charge on any atom is -0.330 e. The molecule has 1 amide bonds. The molecule has 2 fully saturated rings. The van der Waals surface area contributed by atoms with Crippen molar-refractivity contribution in [1.29, 1.82) is 0 Å². The van der Waals surface area contributed by atoms with E-state index in [9.17, 15) is 9.59 Å². The number of rotatable bonds is 5. The van der Waals surface area contributed by atoms with Crippen LogP contribution in [0.5, 0.6) is 0 Å². The third-order valence-corrected chi connectivity index (χ3v) is 8.16. The van der Waals surface area contributed by atoms with Crippen molar-refractivity contribution >= 4 is 35.0 Å². The molecule has 1 aliphatic heterocycles.